The van der Waals surface area contributed by atoms with Gasteiger partial charge >= 0.3 is 5.97 Å². The molecule has 0 unspecified atom stereocenters. The maximum atomic E-state index is 11.3. The molecule has 5 nitrogen and oxygen atoms in total. The van der Waals surface area contributed by atoms with E-state index in [0.29, 0.717) is 17.9 Å². The summed E-state index contributed by atoms with van der Waals surface area (Å²) >= 11 is 0. The zero-order chi connectivity index (χ0) is 19.9. The molecule has 0 amide bonds. The molecule has 0 radical (unpaired) electrons. The predicted octanol–water partition coefficient (Wildman–Crippen LogP) is 4.60. The number of aryl methyl sites for hydroxylation is 1. The van der Waals surface area contributed by atoms with Crippen LogP contribution in [0.5, 0.6) is 11.5 Å². The molecule has 0 fully saturated rings. The second kappa shape index (κ2) is 8.74. The van der Waals surface area contributed by atoms with E-state index >= 15 is 0 Å². The number of benzene rings is 3. The summed E-state index contributed by atoms with van der Waals surface area (Å²) < 4.78 is 11.6. The van der Waals surface area contributed by atoms with E-state index < -0.39 is 5.97 Å². The van der Waals surface area contributed by atoms with Crippen LogP contribution in [0, 0.1) is 18.3 Å². The highest BCUT2D eigenvalue weighted by Crippen LogP contribution is 2.30. The van der Waals surface area contributed by atoms with Crippen LogP contribution in [0.3, 0.4) is 0 Å². The van der Waals surface area contributed by atoms with Crippen molar-refractivity contribution in [1.82, 2.24) is 0 Å². The number of fused-ring (bicyclic) bond motifs is 1. The van der Waals surface area contributed by atoms with Crippen molar-refractivity contribution in [2.24, 2.45) is 0 Å². The molecule has 0 saturated heterocycles. The first kappa shape index (κ1) is 19.0. The van der Waals surface area contributed by atoms with Crippen LogP contribution in [0.1, 0.15) is 11.1 Å². The van der Waals surface area contributed by atoms with Crippen molar-refractivity contribution in [3.05, 3.63) is 77.4 Å². The van der Waals surface area contributed by atoms with Crippen molar-refractivity contribution in [2.75, 3.05) is 13.2 Å². The van der Waals surface area contributed by atoms with Crippen LogP contribution < -0.4 is 9.47 Å². The summed E-state index contributed by atoms with van der Waals surface area (Å²) in [6, 6.07) is 20.7. The maximum absolute atomic E-state index is 11.3. The predicted molar refractivity (Wildman–Crippen MR) is 107 cm³/mol. The van der Waals surface area contributed by atoms with Crippen LogP contribution in [-0.4, -0.2) is 24.3 Å². The average Bonchev–Trinajstić information content (AvgIpc) is 2.70. The average molecular weight is 373 g/mol. The van der Waals surface area contributed by atoms with Crippen molar-refractivity contribution < 1.29 is 19.4 Å². The normalized spacial score (nSPS) is 11.1. The van der Waals surface area contributed by atoms with Crippen molar-refractivity contribution in [3.63, 3.8) is 0 Å². The largest absolute Gasteiger partial charge is 0.490 e. The number of carboxylic acids is 1. The number of rotatable bonds is 7. The first-order chi connectivity index (χ1) is 13.6. The minimum atomic E-state index is -1.27. The van der Waals surface area contributed by atoms with E-state index in [4.69, 9.17) is 14.7 Å². The lowest BCUT2D eigenvalue weighted by atomic mass is 10.0. The third-order valence-corrected chi connectivity index (χ3v) is 4.26. The molecule has 3 aromatic carbocycles. The Balaban J connectivity index is 1.84. The van der Waals surface area contributed by atoms with Gasteiger partial charge in [-0.1, -0.05) is 48.5 Å². The van der Waals surface area contributed by atoms with Crippen molar-refractivity contribution >= 4 is 22.8 Å². The standard InChI is InChI=1S/C23H19NO4/c1-16-6-2-5-9-21(16)27-12-13-28-22-11-10-17-7-3-4-8-19(17)20(22)14-18(15-24)23(25)26/h2-11,14H,12-13H2,1H3,(H,25,26). The van der Waals surface area contributed by atoms with Gasteiger partial charge in [0, 0.05) is 5.56 Å². The first-order valence-corrected chi connectivity index (χ1v) is 8.78. The molecule has 0 atom stereocenters. The van der Waals surface area contributed by atoms with E-state index in [9.17, 15) is 9.90 Å². The SMILES string of the molecule is Cc1ccccc1OCCOc1ccc2ccccc2c1C=C(C#N)C(=O)O. The van der Waals surface area contributed by atoms with Gasteiger partial charge in [-0.05, 0) is 41.5 Å². The van der Waals surface area contributed by atoms with Crippen LogP contribution in [-0.2, 0) is 4.79 Å². The molecule has 3 rings (SSSR count). The molecular weight excluding hydrogens is 354 g/mol. The summed E-state index contributed by atoms with van der Waals surface area (Å²) in [5, 5.41) is 20.1. The van der Waals surface area contributed by atoms with Crippen LogP contribution in [0.4, 0.5) is 0 Å². The van der Waals surface area contributed by atoms with Crippen LogP contribution >= 0.6 is 0 Å². The molecule has 140 valence electrons. The third-order valence-electron chi connectivity index (χ3n) is 4.26. The highest BCUT2D eigenvalue weighted by atomic mass is 16.5. The van der Waals surface area contributed by atoms with E-state index in [1.54, 1.807) is 12.1 Å². The fourth-order valence-electron chi connectivity index (χ4n) is 2.86. The number of carboxylic acid groups (broad SMARTS) is 1. The topological polar surface area (TPSA) is 79.5 Å². The Bertz CT molecular complexity index is 1080. The minimum absolute atomic E-state index is 0.280. The molecule has 0 bridgehead atoms. The number of nitriles is 1. The Hall–Kier alpha value is -3.78. The number of para-hydroxylation sites is 1. The third kappa shape index (κ3) is 4.30. The Morgan fingerprint density at radius 2 is 1.68 bits per heavy atom. The van der Waals surface area contributed by atoms with Crippen LogP contribution in [0.15, 0.2) is 66.2 Å². The zero-order valence-corrected chi connectivity index (χ0v) is 15.4. The van der Waals surface area contributed by atoms with Gasteiger partial charge in [-0.2, -0.15) is 5.26 Å². The van der Waals surface area contributed by atoms with Gasteiger partial charge in [-0.15, -0.1) is 0 Å². The molecule has 0 saturated carbocycles. The molecule has 0 aliphatic carbocycles. The molecule has 3 aromatic rings. The summed E-state index contributed by atoms with van der Waals surface area (Å²) in [7, 11) is 0. The molecule has 0 aliphatic rings. The van der Waals surface area contributed by atoms with Crippen molar-refractivity contribution in [2.45, 2.75) is 6.92 Å². The number of aliphatic carboxylic acids is 1. The molecule has 1 N–H and O–H groups in total. The minimum Gasteiger partial charge on any atom is -0.490 e. The van der Waals surface area contributed by atoms with E-state index in [2.05, 4.69) is 0 Å². The molecule has 5 heteroatoms. The lowest BCUT2D eigenvalue weighted by Crippen LogP contribution is -2.10. The van der Waals surface area contributed by atoms with Gasteiger partial charge in [0.2, 0.25) is 0 Å². The zero-order valence-electron chi connectivity index (χ0n) is 15.4. The quantitative estimate of drug-likeness (QED) is 0.372. The number of carbonyl (C=O) groups is 1. The fourth-order valence-corrected chi connectivity index (χ4v) is 2.86. The van der Waals surface area contributed by atoms with Gasteiger partial charge in [0.05, 0.1) is 0 Å². The second-order valence-electron chi connectivity index (χ2n) is 6.14. The maximum Gasteiger partial charge on any atom is 0.346 e. The number of ether oxygens (including phenoxy) is 2. The molecule has 28 heavy (non-hydrogen) atoms. The Morgan fingerprint density at radius 3 is 2.39 bits per heavy atom. The molecule has 0 aromatic heterocycles. The lowest BCUT2D eigenvalue weighted by molar-refractivity contribution is -0.132. The molecule has 0 heterocycles. The van der Waals surface area contributed by atoms with E-state index in [1.807, 2.05) is 61.5 Å². The van der Waals surface area contributed by atoms with Gasteiger partial charge in [0.15, 0.2) is 0 Å². The highest BCUT2D eigenvalue weighted by Gasteiger charge is 2.12. The first-order valence-electron chi connectivity index (χ1n) is 8.78. The molecule has 0 spiro atoms. The summed E-state index contributed by atoms with van der Waals surface area (Å²) in [5.41, 5.74) is 1.25. The number of hydrogen-bond acceptors (Lipinski definition) is 4. The highest BCUT2D eigenvalue weighted by molar-refractivity contribution is 6.01. The summed E-state index contributed by atoms with van der Waals surface area (Å²) in [6.45, 7) is 2.59. The Labute approximate surface area is 163 Å². The second-order valence-corrected chi connectivity index (χ2v) is 6.14. The van der Waals surface area contributed by atoms with Crippen molar-refractivity contribution in [1.29, 1.82) is 5.26 Å². The fraction of sp³-hybridized carbons (Fsp3) is 0.130. The summed E-state index contributed by atoms with van der Waals surface area (Å²) in [6.07, 6.45) is 1.35. The van der Waals surface area contributed by atoms with Crippen molar-refractivity contribution in [3.8, 4) is 17.6 Å². The van der Waals surface area contributed by atoms with E-state index in [0.717, 1.165) is 22.1 Å². The smallest absolute Gasteiger partial charge is 0.346 e. The van der Waals surface area contributed by atoms with E-state index in [-0.39, 0.29) is 12.2 Å². The van der Waals surface area contributed by atoms with Gasteiger partial charge in [-0.25, -0.2) is 4.79 Å². The Kier molecular flexibility index (Phi) is 5.93. The molecule has 0 aliphatic heterocycles. The summed E-state index contributed by atoms with van der Waals surface area (Å²) in [5.74, 6) is 0.0210. The van der Waals surface area contributed by atoms with Gasteiger partial charge in [0.25, 0.3) is 0 Å². The van der Waals surface area contributed by atoms with Gasteiger partial charge < -0.3 is 14.6 Å². The lowest BCUT2D eigenvalue weighted by Gasteiger charge is -2.13. The number of hydrogen-bond donors (Lipinski definition) is 1. The van der Waals surface area contributed by atoms with E-state index in [1.165, 1.54) is 6.08 Å². The number of nitrogens with zero attached hydrogens (tertiary/aromatic N) is 1. The summed E-state index contributed by atoms with van der Waals surface area (Å²) in [4.78, 5) is 11.3. The van der Waals surface area contributed by atoms with Crippen LogP contribution in [0.25, 0.3) is 16.8 Å². The molecular formula is C23H19NO4. The van der Waals surface area contributed by atoms with Gasteiger partial charge in [-0.3, -0.25) is 0 Å². The Morgan fingerprint density at radius 1 is 1.00 bits per heavy atom. The monoisotopic (exact) mass is 373 g/mol. The van der Waals surface area contributed by atoms with Gasteiger partial charge in [0.1, 0.15) is 36.4 Å². The van der Waals surface area contributed by atoms with Crippen LogP contribution in [0.2, 0.25) is 0 Å².